The molecule has 1 aromatic carbocycles. The fraction of sp³-hybridized carbons (Fsp3) is 0.417. The van der Waals surface area contributed by atoms with Crippen molar-refractivity contribution in [2.24, 2.45) is 0 Å². The van der Waals surface area contributed by atoms with E-state index in [1.165, 1.54) is 6.07 Å². The average molecular weight is 256 g/mol. The van der Waals surface area contributed by atoms with Gasteiger partial charge in [-0.2, -0.15) is 0 Å². The molecule has 0 aliphatic heterocycles. The van der Waals surface area contributed by atoms with Crippen LogP contribution in [0.25, 0.3) is 11.0 Å². The van der Waals surface area contributed by atoms with Crippen molar-refractivity contribution < 1.29 is 8.78 Å². The fourth-order valence-corrected chi connectivity index (χ4v) is 2.52. The number of aromatic amines is 1. The second-order valence-corrected chi connectivity index (χ2v) is 4.44. The van der Waals surface area contributed by atoms with Gasteiger partial charge in [0.05, 0.1) is 5.52 Å². The Morgan fingerprint density at radius 1 is 1.29 bits per heavy atom. The molecule has 0 saturated carbocycles. The van der Waals surface area contributed by atoms with Crippen LogP contribution in [-0.4, -0.2) is 9.55 Å². The zero-order valence-electron chi connectivity index (χ0n) is 9.76. The highest BCUT2D eigenvalue weighted by molar-refractivity contribution is 7.71. The number of H-pyrrole nitrogens is 1. The maximum absolute atomic E-state index is 13.6. The first-order chi connectivity index (χ1) is 8.08. The second-order valence-electron chi connectivity index (χ2n) is 4.05. The number of hydrogen-bond donors (Lipinski definition) is 1. The van der Waals surface area contributed by atoms with Crippen molar-refractivity contribution in [3.05, 3.63) is 28.5 Å². The van der Waals surface area contributed by atoms with Gasteiger partial charge in [-0.15, -0.1) is 0 Å². The summed E-state index contributed by atoms with van der Waals surface area (Å²) >= 11 is 5.18. The molecule has 1 N–H and O–H groups in total. The van der Waals surface area contributed by atoms with E-state index in [1.807, 2.05) is 13.8 Å². The second kappa shape index (κ2) is 4.56. The molecular weight excluding hydrogens is 242 g/mol. The molecule has 0 aliphatic rings. The van der Waals surface area contributed by atoms with E-state index in [0.717, 1.165) is 18.9 Å². The van der Waals surface area contributed by atoms with Crippen molar-refractivity contribution >= 4 is 23.3 Å². The summed E-state index contributed by atoms with van der Waals surface area (Å²) < 4.78 is 29.1. The van der Waals surface area contributed by atoms with Gasteiger partial charge in [0.2, 0.25) is 0 Å². The van der Waals surface area contributed by atoms with E-state index in [4.69, 9.17) is 12.2 Å². The molecule has 0 amide bonds. The third-order valence-electron chi connectivity index (χ3n) is 3.05. The van der Waals surface area contributed by atoms with Crippen LogP contribution in [0, 0.1) is 16.4 Å². The largest absolute Gasteiger partial charge is 0.328 e. The molecule has 0 unspecified atom stereocenters. The first-order valence-corrected chi connectivity index (χ1v) is 6.08. The van der Waals surface area contributed by atoms with Crippen LogP contribution in [0.2, 0.25) is 0 Å². The molecule has 0 atom stereocenters. The Labute approximate surface area is 103 Å². The van der Waals surface area contributed by atoms with Crippen LogP contribution in [0.3, 0.4) is 0 Å². The van der Waals surface area contributed by atoms with Gasteiger partial charge in [-0.05, 0) is 31.1 Å². The van der Waals surface area contributed by atoms with Crippen molar-refractivity contribution in [2.75, 3.05) is 0 Å². The third kappa shape index (κ3) is 1.99. The van der Waals surface area contributed by atoms with E-state index in [0.29, 0.717) is 10.3 Å². The number of imidazole rings is 1. The highest BCUT2D eigenvalue weighted by Crippen LogP contribution is 2.25. The van der Waals surface area contributed by atoms with Crippen molar-refractivity contribution in [2.45, 2.75) is 32.7 Å². The normalized spacial score (nSPS) is 11.6. The van der Waals surface area contributed by atoms with Crippen LogP contribution in [0.1, 0.15) is 32.7 Å². The molecule has 0 spiro atoms. The van der Waals surface area contributed by atoms with Gasteiger partial charge in [0.1, 0.15) is 11.3 Å². The number of halogens is 2. The van der Waals surface area contributed by atoms with E-state index < -0.39 is 11.6 Å². The van der Waals surface area contributed by atoms with Crippen LogP contribution in [0.15, 0.2) is 12.1 Å². The number of aromatic nitrogens is 2. The molecular formula is C12H14F2N2S. The molecule has 0 bridgehead atoms. The molecule has 17 heavy (non-hydrogen) atoms. The van der Waals surface area contributed by atoms with Gasteiger partial charge >= 0.3 is 0 Å². The van der Waals surface area contributed by atoms with E-state index in [9.17, 15) is 8.78 Å². The summed E-state index contributed by atoms with van der Waals surface area (Å²) in [4.78, 5) is 2.81. The standard InChI is InChI=1S/C12H14F2N2S/c1-3-8(4-2)16-10-6-7(13)5-9(14)11(10)15-12(16)17/h5-6,8H,3-4H2,1-2H3,(H,15,17). The van der Waals surface area contributed by atoms with Crippen LogP contribution in [0.4, 0.5) is 8.78 Å². The summed E-state index contributed by atoms with van der Waals surface area (Å²) in [6, 6.07) is 2.35. The van der Waals surface area contributed by atoms with Gasteiger partial charge in [0, 0.05) is 12.1 Å². The maximum Gasteiger partial charge on any atom is 0.178 e. The monoisotopic (exact) mass is 256 g/mol. The predicted octanol–water partition coefficient (Wildman–Crippen LogP) is 4.34. The molecule has 1 heterocycles. The molecule has 2 nitrogen and oxygen atoms in total. The molecule has 0 radical (unpaired) electrons. The van der Waals surface area contributed by atoms with E-state index in [1.54, 1.807) is 4.57 Å². The summed E-state index contributed by atoms with van der Waals surface area (Å²) in [5, 5.41) is 0. The van der Waals surface area contributed by atoms with Crippen LogP contribution >= 0.6 is 12.2 Å². The highest BCUT2D eigenvalue weighted by Gasteiger charge is 2.15. The van der Waals surface area contributed by atoms with Gasteiger partial charge in [-0.25, -0.2) is 8.78 Å². The lowest BCUT2D eigenvalue weighted by Gasteiger charge is -2.15. The Morgan fingerprint density at radius 2 is 1.94 bits per heavy atom. The molecule has 1 aromatic heterocycles. The van der Waals surface area contributed by atoms with E-state index in [2.05, 4.69) is 4.98 Å². The minimum Gasteiger partial charge on any atom is -0.328 e. The lowest BCUT2D eigenvalue weighted by atomic mass is 10.1. The first-order valence-electron chi connectivity index (χ1n) is 5.67. The Kier molecular flexibility index (Phi) is 3.28. The van der Waals surface area contributed by atoms with Crippen molar-refractivity contribution in [1.29, 1.82) is 0 Å². The van der Waals surface area contributed by atoms with Gasteiger partial charge in [0.15, 0.2) is 10.6 Å². The zero-order valence-corrected chi connectivity index (χ0v) is 10.6. The van der Waals surface area contributed by atoms with Crippen molar-refractivity contribution in [3.63, 3.8) is 0 Å². The maximum atomic E-state index is 13.6. The molecule has 0 aliphatic carbocycles. The Balaban J connectivity index is 2.79. The average Bonchev–Trinajstić information content (AvgIpc) is 2.59. The molecule has 2 rings (SSSR count). The van der Waals surface area contributed by atoms with Crippen LogP contribution in [-0.2, 0) is 0 Å². The zero-order chi connectivity index (χ0) is 12.6. The first kappa shape index (κ1) is 12.2. The quantitative estimate of drug-likeness (QED) is 0.810. The summed E-state index contributed by atoms with van der Waals surface area (Å²) in [5.74, 6) is -1.18. The number of fused-ring (bicyclic) bond motifs is 1. The van der Waals surface area contributed by atoms with E-state index in [-0.39, 0.29) is 11.6 Å². The Bertz CT molecular complexity index is 596. The van der Waals surface area contributed by atoms with Crippen LogP contribution in [0.5, 0.6) is 0 Å². The molecule has 2 aromatic rings. The lowest BCUT2D eigenvalue weighted by Crippen LogP contribution is -2.06. The Morgan fingerprint density at radius 3 is 2.53 bits per heavy atom. The molecule has 0 fully saturated rings. The summed E-state index contributed by atoms with van der Waals surface area (Å²) in [6.45, 7) is 4.06. The summed E-state index contributed by atoms with van der Waals surface area (Å²) in [6.07, 6.45) is 1.74. The topological polar surface area (TPSA) is 20.7 Å². The minimum atomic E-state index is -0.601. The number of nitrogens with one attached hydrogen (secondary N) is 1. The van der Waals surface area contributed by atoms with Crippen LogP contribution < -0.4 is 0 Å². The third-order valence-corrected chi connectivity index (χ3v) is 3.35. The number of nitrogens with zero attached hydrogens (tertiary/aromatic N) is 1. The fourth-order valence-electron chi connectivity index (χ4n) is 2.17. The number of rotatable bonds is 3. The highest BCUT2D eigenvalue weighted by atomic mass is 32.1. The number of benzene rings is 1. The summed E-state index contributed by atoms with van der Waals surface area (Å²) in [5.41, 5.74) is 0.782. The predicted molar refractivity (Wildman–Crippen MR) is 66.7 cm³/mol. The SMILES string of the molecule is CCC(CC)n1c(=S)[nH]c2c(F)cc(F)cc21. The molecule has 0 saturated heterocycles. The molecule has 5 heteroatoms. The number of hydrogen-bond acceptors (Lipinski definition) is 1. The molecule has 92 valence electrons. The smallest absolute Gasteiger partial charge is 0.178 e. The van der Waals surface area contributed by atoms with Gasteiger partial charge < -0.3 is 9.55 Å². The van der Waals surface area contributed by atoms with Crippen molar-refractivity contribution in [1.82, 2.24) is 9.55 Å². The van der Waals surface area contributed by atoms with Gasteiger partial charge in [-0.3, -0.25) is 0 Å². The summed E-state index contributed by atoms with van der Waals surface area (Å²) in [7, 11) is 0. The Hall–Kier alpha value is -1.23. The van der Waals surface area contributed by atoms with E-state index >= 15 is 0 Å². The minimum absolute atomic E-state index is 0.164. The lowest BCUT2D eigenvalue weighted by molar-refractivity contribution is 0.477. The van der Waals surface area contributed by atoms with Gasteiger partial charge in [-0.1, -0.05) is 13.8 Å². The van der Waals surface area contributed by atoms with Gasteiger partial charge in [0.25, 0.3) is 0 Å². The van der Waals surface area contributed by atoms with Crippen molar-refractivity contribution in [3.8, 4) is 0 Å².